The quantitative estimate of drug-likeness (QED) is 0.0973. The van der Waals surface area contributed by atoms with Crippen LogP contribution in [0.4, 0.5) is 0 Å². The van der Waals surface area contributed by atoms with Crippen molar-refractivity contribution in [2.75, 3.05) is 0 Å². The van der Waals surface area contributed by atoms with Gasteiger partial charge in [0.2, 0.25) is 5.91 Å². The summed E-state index contributed by atoms with van der Waals surface area (Å²) in [4.78, 5) is 24.9. The van der Waals surface area contributed by atoms with Crippen LogP contribution in [-0.4, -0.2) is 18.1 Å². The van der Waals surface area contributed by atoms with E-state index in [1.165, 1.54) is 37.6 Å². The molecule has 3 rings (SSSR count). The van der Waals surface area contributed by atoms with Crippen LogP contribution < -0.4 is 10.2 Å². The zero-order chi connectivity index (χ0) is 24.3. The Bertz CT molecular complexity index is 1180. The van der Waals surface area contributed by atoms with E-state index < -0.39 is 5.97 Å². The number of rotatable bonds is 11. The molecule has 0 unspecified atom stereocenters. The van der Waals surface area contributed by atoms with Gasteiger partial charge in [-0.1, -0.05) is 92.6 Å². The van der Waals surface area contributed by atoms with E-state index >= 15 is 0 Å². The van der Waals surface area contributed by atoms with Crippen molar-refractivity contribution in [1.82, 2.24) is 5.43 Å². The van der Waals surface area contributed by atoms with E-state index in [1.54, 1.807) is 12.1 Å². The van der Waals surface area contributed by atoms with Gasteiger partial charge in [-0.3, -0.25) is 4.79 Å². The molecule has 0 bridgehead atoms. The normalized spacial score (nSPS) is 11.1. The maximum absolute atomic E-state index is 12.8. The third-order valence-corrected chi connectivity index (χ3v) is 5.97. The van der Waals surface area contributed by atoms with Crippen LogP contribution >= 0.6 is 23.2 Å². The summed E-state index contributed by atoms with van der Waals surface area (Å²) in [6, 6.07) is 15.8. The van der Waals surface area contributed by atoms with Gasteiger partial charge in [-0.25, -0.2) is 10.2 Å². The molecule has 0 spiro atoms. The zero-order valence-electron chi connectivity index (χ0n) is 19.2. The highest BCUT2D eigenvalue weighted by molar-refractivity contribution is 6.36. The number of hydrogen-bond acceptors (Lipinski definition) is 4. The Labute approximate surface area is 210 Å². The molecule has 7 heteroatoms. The first-order valence-corrected chi connectivity index (χ1v) is 12.3. The second-order valence-electron chi connectivity index (χ2n) is 8.02. The number of halogens is 2. The van der Waals surface area contributed by atoms with Crippen molar-refractivity contribution in [1.29, 1.82) is 0 Å². The van der Waals surface area contributed by atoms with Crippen LogP contribution in [0.1, 0.15) is 67.8 Å². The minimum Gasteiger partial charge on any atom is -0.422 e. The van der Waals surface area contributed by atoms with E-state index in [9.17, 15) is 9.59 Å². The van der Waals surface area contributed by atoms with Crippen molar-refractivity contribution >= 4 is 52.1 Å². The van der Waals surface area contributed by atoms with Crippen molar-refractivity contribution in [2.45, 2.75) is 51.9 Å². The molecule has 34 heavy (non-hydrogen) atoms. The number of nitrogens with one attached hydrogen (secondary N) is 1. The van der Waals surface area contributed by atoms with E-state index in [4.69, 9.17) is 27.9 Å². The van der Waals surface area contributed by atoms with E-state index in [-0.39, 0.29) is 16.5 Å². The first-order chi connectivity index (χ1) is 16.5. The molecule has 0 fully saturated rings. The van der Waals surface area contributed by atoms with Crippen LogP contribution in [0.25, 0.3) is 10.8 Å². The van der Waals surface area contributed by atoms with Crippen molar-refractivity contribution in [3.63, 3.8) is 0 Å². The SMILES string of the molecule is CCCCCCCCC(=O)N/N=C/c1c(OC(=O)c2ccc(Cl)cc2Cl)ccc2ccccc12. The summed E-state index contributed by atoms with van der Waals surface area (Å²) in [7, 11) is 0. The van der Waals surface area contributed by atoms with E-state index in [2.05, 4.69) is 17.5 Å². The lowest BCUT2D eigenvalue weighted by atomic mass is 10.0. The Hall–Kier alpha value is -2.89. The molecule has 1 N–H and O–H groups in total. The maximum Gasteiger partial charge on any atom is 0.345 e. The fourth-order valence-electron chi connectivity index (χ4n) is 3.60. The molecular weight excluding hydrogens is 471 g/mol. The van der Waals surface area contributed by atoms with Crippen LogP contribution in [0.5, 0.6) is 5.75 Å². The number of carbonyl (C=O) groups excluding carboxylic acids is 2. The number of hydrazone groups is 1. The van der Waals surface area contributed by atoms with E-state index in [0.717, 1.165) is 30.0 Å². The number of amides is 1. The lowest BCUT2D eigenvalue weighted by Crippen LogP contribution is -2.17. The first-order valence-electron chi connectivity index (χ1n) is 11.5. The molecule has 0 aliphatic rings. The fourth-order valence-corrected chi connectivity index (χ4v) is 4.08. The number of benzene rings is 3. The first kappa shape index (κ1) is 25.7. The molecular formula is C27H28Cl2N2O3. The lowest BCUT2D eigenvalue weighted by molar-refractivity contribution is -0.121. The highest BCUT2D eigenvalue weighted by atomic mass is 35.5. The number of carbonyl (C=O) groups is 2. The number of nitrogens with zero attached hydrogens (tertiary/aromatic N) is 1. The molecule has 0 saturated heterocycles. The molecule has 0 saturated carbocycles. The highest BCUT2D eigenvalue weighted by Crippen LogP contribution is 2.29. The average molecular weight is 499 g/mol. The second kappa shape index (κ2) is 13.1. The Morgan fingerprint density at radius 3 is 2.53 bits per heavy atom. The smallest absolute Gasteiger partial charge is 0.345 e. The predicted molar refractivity (Wildman–Crippen MR) is 139 cm³/mol. The molecule has 0 heterocycles. The number of unbranched alkanes of at least 4 members (excludes halogenated alkanes) is 5. The van der Waals surface area contributed by atoms with Gasteiger partial charge in [-0.15, -0.1) is 0 Å². The molecule has 1 amide bonds. The molecule has 0 atom stereocenters. The van der Waals surface area contributed by atoms with Crippen LogP contribution in [0.2, 0.25) is 10.0 Å². The molecule has 0 radical (unpaired) electrons. The van der Waals surface area contributed by atoms with Gasteiger partial charge >= 0.3 is 5.97 Å². The molecule has 0 aliphatic heterocycles. The van der Waals surface area contributed by atoms with Gasteiger partial charge in [-0.2, -0.15) is 5.10 Å². The number of esters is 1. The van der Waals surface area contributed by atoms with Crippen LogP contribution in [0.15, 0.2) is 59.7 Å². The van der Waals surface area contributed by atoms with Gasteiger partial charge in [-0.05, 0) is 41.5 Å². The highest BCUT2D eigenvalue weighted by Gasteiger charge is 2.16. The summed E-state index contributed by atoms with van der Waals surface area (Å²) in [5.74, 6) is -0.444. The molecule has 3 aromatic carbocycles. The topological polar surface area (TPSA) is 67.8 Å². The summed E-state index contributed by atoms with van der Waals surface area (Å²) >= 11 is 12.1. The van der Waals surface area contributed by atoms with Gasteiger partial charge in [0.05, 0.1) is 16.8 Å². The number of fused-ring (bicyclic) bond motifs is 1. The number of hydrogen-bond donors (Lipinski definition) is 1. The Balaban J connectivity index is 1.72. The fraction of sp³-hybridized carbons (Fsp3) is 0.296. The minimum atomic E-state index is -0.612. The third kappa shape index (κ3) is 7.31. The van der Waals surface area contributed by atoms with Gasteiger partial charge in [0.25, 0.3) is 0 Å². The molecule has 3 aromatic rings. The van der Waals surface area contributed by atoms with Crippen molar-refractivity contribution in [3.05, 3.63) is 75.8 Å². The zero-order valence-corrected chi connectivity index (χ0v) is 20.7. The van der Waals surface area contributed by atoms with Crippen molar-refractivity contribution in [3.8, 4) is 5.75 Å². The Kier molecular flexibility index (Phi) is 9.92. The molecule has 178 valence electrons. The standard InChI is InChI=1S/C27H28Cl2N2O3/c1-2-3-4-5-6-7-12-26(32)31-30-18-23-21-11-9-8-10-19(21)13-16-25(23)34-27(33)22-15-14-20(28)17-24(22)29/h8-11,13-18H,2-7,12H2,1H3,(H,31,32)/b30-18+. The van der Waals surface area contributed by atoms with Gasteiger partial charge in [0.1, 0.15) is 5.75 Å². The second-order valence-corrected chi connectivity index (χ2v) is 8.87. The maximum atomic E-state index is 12.8. The summed E-state index contributed by atoms with van der Waals surface area (Å²) in [5.41, 5.74) is 3.36. The molecule has 5 nitrogen and oxygen atoms in total. The summed E-state index contributed by atoms with van der Waals surface area (Å²) in [6.45, 7) is 2.18. The Morgan fingerprint density at radius 2 is 1.74 bits per heavy atom. The average Bonchev–Trinajstić information content (AvgIpc) is 2.82. The van der Waals surface area contributed by atoms with Gasteiger partial charge in [0.15, 0.2) is 0 Å². The van der Waals surface area contributed by atoms with E-state index in [0.29, 0.717) is 22.8 Å². The molecule has 0 aliphatic carbocycles. The predicted octanol–water partition coefficient (Wildman–Crippen LogP) is 7.57. The van der Waals surface area contributed by atoms with Gasteiger partial charge < -0.3 is 4.74 Å². The van der Waals surface area contributed by atoms with E-state index in [1.807, 2.05) is 30.3 Å². The van der Waals surface area contributed by atoms with Crippen molar-refractivity contribution in [2.24, 2.45) is 5.10 Å². The van der Waals surface area contributed by atoms with Crippen LogP contribution in [0.3, 0.4) is 0 Å². The van der Waals surface area contributed by atoms with Gasteiger partial charge in [0, 0.05) is 17.0 Å². The lowest BCUT2D eigenvalue weighted by Gasteiger charge is -2.11. The van der Waals surface area contributed by atoms with Crippen molar-refractivity contribution < 1.29 is 14.3 Å². The third-order valence-electron chi connectivity index (χ3n) is 5.42. The summed E-state index contributed by atoms with van der Waals surface area (Å²) in [5, 5.41) is 6.55. The summed E-state index contributed by atoms with van der Waals surface area (Å²) < 4.78 is 5.66. The molecule has 0 aromatic heterocycles. The van der Waals surface area contributed by atoms with Crippen LogP contribution in [-0.2, 0) is 4.79 Å². The minimum absolute atomic E-state index is 0.140. The largest absolute Gasteiger partial charge is 0.422 e. The number of ether oxygens (including phenoxy) is 1. The monoisotopic (exact) mass is 498 g/mol. The Morgan fingerprint density at radius 1 is 0.971 bits per heavy atom. The van der Waals surface area contributed by atoms with Crippen LogP contribution in [0, 0.1) is 0 Å². The summed E-state index contributed by atoms with van der Waals surface area (Å²) in [6.07, 6.45) is 8.60.